The third kappa shape index (κ3) is 6.31. The minimum atomic E-state index is -0.350. The lowest BCUT2D eigenvalue weighted by molar-refractivity contribution is -0.135. The first-order valence-electron chi connectivity index (χ1n) is 12.9. The standard InChI is InChI=1S/C29H32ClN3O4S/c1-20-6-2-3-10-26(20)37-19-25-24-12-15-38-27(24)11-13-33(25)28(34)18-32(17-23-9-5-14-36-23)29(35)31-22-8-4-7-21(30)16-22/h2-4,6-8,10,12,15-16,23,25H,5,9,11,13-14,17-19H2,1H3,(H,31,35)/t23-,25-/m1/s1. The molecule has 3 aromatic rings. The Morgan fingerprint density at radius 1 is 1.21 bits per heavy atom. The van der Waals surface area contributed by atoms with Crippen LogP contribution in [0.3, 0.4) is 0 Å². The summed E-state index contributed by atoms with van der Waals surface area (Å²) in [5, 5.41) is 5.49. The van der Waals surface area contributed by atoms with Gasteiger partial charge in [-0.3, -0.25) is 4.79 Å². The number of urea groups is 1. The number of carbonyl (C=O) groups is 2. The van der Waals surface area contributed by atoms with E-state index in [0.29, 0.717) is 37.0 Å². The first kappa shape index (κ1) is 26.5. The highest BCUT2D eigenvalue weighted by Crippen LogP contribution is 2.34. The van der Waals surface area contributed by atoms with Crippen molar-refractivity contribution in [2.24, 2.45) is 0 Å². The maximum Gasteiger partial charge on any atom is 0.322 e. The molecule has 0 spiro atoms. The zero-order valence-electron chi connectivity index (χ0n) is 21.4. The molecule has 0 radical (unpaired) electrons. The van der Waals surface area contributed by atoms with Gasteiger partial charge in [-0.25, -0.2) is 4.79 Å². The van der Waals surface area contributed by atoms with Crippen LogP contribution in [0.5, 0.6) is 5.75 Å². The Hall–Kier alpha value is -3.07. The number of fused-ring (bicyclic) bond motifs is 1. The summed E-state index contributed by atoms with van der Waals surface area (Å²) in [6.45, 7) is 3.91. The Morgan fingerprint density at radius 3 is 2.87 bits per heavy atom. The van der Waals surface area contributed by atoms with Crippen molar-refractivity contribution < 1.29 is 19.1 Å². The molecule has 7 nitrogen and oxygen atoms in total. The fourth-order valence-electron chi connectivity index (χ4n) is 5.04. The third-order valence-corrected chi connectivity index (χ3v) is 8.27. The molecule has 2 aromatic carbocycles. The summed E-state index contributed by atoms with van der Waals surface area (Å²) < 4.78 is 12.0. The number of anilines is 1. The molecule has 9 heteroatoms. The average molecular weight is 554 g/mol. The van der Waals surface area contributed by atoms with Gasteiger partial charge >= 0.3 is 6.03 Å². The number of nitrogens with zero attached hydrogens (tertiary/aromatic N) is 2. The maximum absolute atomic E-state index is 13.8. The van der Waals surface area contributed by atoms with Crippen molar-refractivity contribution >= 4 is 40.6 Å². The summed E-state index contributed by atoms with van der Waals surface area (Å²) >= 11 is 7.82. The van der Waals surface area contributed by atoms with E-state index < -0.39 is 0 Å². The number of ether oxygens (including phenoxy) is 2. The maximum atomic E-state index is 13.8. The molecule has 2 aliphatic rings. The van der Waals surface area contributed by atoms with Gasteiger partial charge in [0.05, 0.1) is 12.1 Å². The summed E-state index contributed by atoms with van der Waals surface area (Å²) in [6.07, 6.45) is 2.52. The van der Waals surface area contributed by atoms with Crippen LogP contribution in [0.1, 0.15) is 34.9 Å². The lowest BCUT2D eigenvalue weighted by Crippen LogP contribution is -2.50. The molecule has 2 aliphatic heterocycles. The van der Waals surface area contributed by atoms with E-state index in [9.17, 15) is 9.59 Å². The predicted molar refractivity (Wildman–Crippen MR) is 150 cm³/mol. The van der Waals surface area contributed by atoms with Crippen LogP contribution in [0.2, 0.25) is 5.02 Å². The molecule has 0 saturated carbocycles. The highest BCUT2D eigenvalue weighted by molar-refractivity contribution is 7.10. The molecule has 0 aliphatic carbocycles. The Kier molecular flexibility index (Phi) is 8.51. The van der Waals surface area contributed by atoms with Gasteiger partial charge in [0.25, 0.3) is 0 Å². The molecule has 0 unspecified atom stereocenters. The minimum Gasteiger partial charge on any atom is -0.491 e. The number of nitrogens with one attached hydrogen (secondary N) is 1. The van der Waals surface area contributed by atoms with Crippen molar-refractivity contribution in [3.05, 3.63) is 81.0 Å². The summed E-state index contributed by atoms with van der Waals surface area (Å²) in [4.78, 5) is 31.8. The summed E-state index contributed by atoms with van der Waals surface area (Å²) in [6, 6.07) is 16.4. The summed E-state index contributed by atoms with van der Waals surface area (Å²) in [7, 11) is 0. The van der Waals surface area contributed by atoms with Crippen LogP contribution in [-0.4, -0.2) is 60.7 Å². The van der Waals surface area contributed by atoms with Gasteiger partial charge in [0, 0.05) is 35.3 Å². The zero-order chi connectivity index (χ0) is 26.5. The highest BCUT2D eigenvalue weighted by Gasteiger charge is 2.34. The number of thiophene rings is 1. The number of halogens is 1. The van der Waals surface area contributed by atoms with E-state index in [1.54, 1.807) is 40.5 Å². The Morgan fingerprint density at radius 2 is 2.08 bits per heavy atom. The molecule has 0 bridgehead atoms. The normalized spacial score (nSPS) is 18.6. The number of carbonyl (C=O) groups excluding carboxylic acids is 2. The Balaban J connectivity index is 1.33. The lowest BCUT2D eigenvalue weighted by Gasteiger charge is -2.37. The lowest BCUT2D eigenvalue weighted by atomic mass is 10.0. The fourth-order valence-corrected chi connectivity index (χ4v) is 6.16. The number of hydrogen-bond donors (Lipinski definition) is 1. The second-order valence-corrected chi connectivity index (χ2v) is 11.1. The van der Waals surface area contributed by atoms with E-state index in [-0.39, 0.29) is 30.6 Å². The van der Waals surface area contributed by atoms with E-state index in [0.717, 1.165) is 36.1 Å². The quantitative estimate of drug-likeness (QED) is 0.375. The van der Waals surface area contributed by atoms with Gasteiger partial charge < -0.3 is 24.6 Å². The van der Waals surface area contributed by atoms with Gasteiger partial charge in [-0.1, -0.05) is 35.9 Å². The van der Waals surface area contributed by atoms with Gasteiger partial charge in [0.1, 0.15) is 18.9 Å². The molecule has 2 atom stereocenters. The molecule has 1 aromatic heterocycles. The predicted octanol–water partition coefficient (Wildman–Crippen LogP) is 5.93. The van der Waals surface area contributed by atoms with E-state index in [1.807, 2.05) is 36.1 Å². The van der Waals surface area contributed by atoms with Gasteiger partial charge in [-0.2, -0.15) is 0 Å². The largest absolute Gasteiger partial charge is 0.491 e. The molecule has 5 rings (SSSR count). The molecular formula is C29H32ClN3O4S. The van der Waals surface area contributed by atoms with E-state index in [2.05, 4.69) is 16.8 Å². The zero-order valence-corrected chi connectivity index (χ0v) is 23.0. The van der Waals surface area contributed by atoms with Crippen LogP contribution in [-0.2, 0) is 16.0 Å². The van der Waals surface area contributed by atoms with Crippen LogP contribution < -0.4 is 10.1 Å². The van der Waals surface area contributed by atoms with Crippen LogP contribution in [0.25, 0.3) is 0 Å². The monoisotopic (exact) mass is 553 g/mol. The van der Waals surface area contributed by atoms with Crippen molar-refractivity contribution in [2.75, 3.05) is 38.2 Å². The third-order valence-electron chi connectivity index (χ3n) is 7.04. The van der Waals surface area contributed by atoms with Crippen molar-refractivity contribution in [3.8, 4) is 5.75 Å². The number of hydrogen-bond acceptors (Lipinski definition) is 5. The number of amides is 3. The molecule has 1 N–H and O–H groups in total. The van der Waals surface area contributed by atoms with E-state index in [1.165, 1.54) is 4.88 Å². The van der Waals surface area contributed by atoms with Crippen molar-refractivity contribution in [3.63, 3.8) is 0 Å². The fraction of sp³-hybridized carbons (Fsp3) is 0.379. The second kappa shape index (κ2) is 12.2. The summed E-state index contributed by atoms with van der Waals surface area (Å²) in [5.41, 5.74) is 2.75. The molecule has 1 saturated heterocycles. The van der Waals surface area contributed by atoms with Gasteiger partial charge in [-0.15, -0.1) is 11.3 Å². The van der Waals surface area contributed by atoms with Crippen LogP contribution >= 0.6 is 22.9 Å². The van der Waals surface area contributed by atoms with E-state index in [4.69, 9.17) is 21.1 Å². The smallest absolute Gasteiger partial charge is 0.322 e. The number of benzene rings is 2. The van der Waals surface area contributed by atoms with Crippen molar-refractivity contribution in [2.45, 2.75) is 38.3 Å². The Bertz CT molecular complexity index is 1280. The van der Waals surface area contributed by atoms with Gasteiger partial charge in [0.15, 0.2) is 0 Å². The summed E-state index contributed by atoms with van der Waals surface area (Å²) in [5.74, 6) is 0.697. The second-order valence-electron chi connectivity index (χ2n) is 9.68. The number of para-hydroxylation sites is 1. The SMILES string of the molecule is Cc1ccccc1OC[C@@H]1c2ccsc2CCN1C(=O)CN(C[C@H]1CCCO1)C(=O)Nc1cccc(Cl)c1. The first-order chi connectivity index (χ1) is 18.5. The minimum absolute atomic E-state index is 0.0490. The number of aryl methyl sites for hydroxylation is 1. The highest BCUT2D eigenvalue weighted by atomic mass is 35.5. The van der Waals surface area contributed by atoms with Crippen molar-refractivity contribution in [1.29, 1.82) is 0 Å². The Labute approximate surface area is 232 Å². The van der Waals surface area contributed by atoms with E-state index >= 15 is 0 Å². The van der Waals surface area contributed by atoms with Gasteiger partial charge in [0.2, 0.25) is 5.91 Å². The number of rotatable bonds is 8. The molecule has 200 valence electrons. The average Bonchev–Trinajstić information content (AvgIpc) is 3.60. The van der Waals surface area contributed by atoms with Crippen LogP contribution in [0.4, 0.5) is 10.5 Å². The van der Waals surface area contributed by atoms with Crippen molar-refractivity contribution in [1.82, 2.24) is 9.80 Å². The molecule has 38 heavy (non-hydrogen) atoms. The first-order valence-corrected chi connectivity index (χ1v) is 14.2. The topological polar surface area (TPSA) is 71.1 Å². The van der Waals surface area contributed by atoms with Crippen LogP contribution in [0, 0.1) is 6.92 Å². The molecule has 1 fully saturated rings. The van der Waals surface area contributed by atoms with Gasteiger partial charge in [-0.05, 0) is 73.0 Å². The molecule has 3 amide bonds. The van der Waals surface area contributed by atoms with Crippen LogP contribution in [0.15, 0.2) is 60.0 Å². The molecule has 3 heterocycles. The molecular weight excluding hydrogens is 522 g/mol.